The topological polar surface area (TPSA) is 9.23 Å². The standard InChI is InChI=1S/C14H20O/c1-4-5-11-15-14(12(2)3)13-9-7-6-8-10-13/h6-10,14H,2,4-5,11H2,1,3H3. The first-order valence-corrected chi connectivity index (χ1v) is 5.57. The van der Waals surface area contributed by atoms with E-state index in [1.54, 1.807) is 0 Å². The minimum absolute atomic E-state index is 0.0535. The second kappa shape index (κ2) is 6.41. The molecule has 82 valence electrons. The second-order valence-electron chi connectivity index (χ2n) is 3.86. The highest BCUT2D eigenvalue weighted by Gasteiger charge is 2.11. The maximum Gasteiger partial charge on any atom is 0.103 e. The summed E-state index contributed by atoms with van der Waals surface area (Å²) in [6.07, 6.45) is 2.33. The van der Waals surface area contributed by atoms with Crippen LogP contribution in [0.1, 0.15) is 38.4 Å². The van der Waals surface area contributed by atoms with E-state index in [0.29, 0.717) is 0 Å². The van der Waals surface area contributed by atoms with E-state index in [0.717, 1.165) is 25.0 Å². The van der Waals surface area contributed by atoms with Crippen molar-refractivity contribution >= 4 is 0 Å². The van der Waals surface area contributed by atoms with Crippen molar-refractivity contribution in [1.29, 1.82) is 0 Å². The third kappa shape index (κ3) is 3.88. The molecule has 1 unspecified atom stereocenters. The van der Waals surface area contributed by atoms with E-state index in [1.807, 2.05) is 25.1 Å². The van der Waals surface area contributed by atoms with Crippen molar-refractivity contribution in [3.05, 3.63) is 48.0 Å². The van der Waals surface area contributed by atoms with Gasteiger partial charge in [-0.15, -0.1) is 0 Å². The molecule has 1 rings (SSSR count). The smallest absolute Gasteiger partial charge is 0.103 e. The highest BCUT2D eigenvalue weighted by atomic mass is 16.5. The van der Waals surface area contributed by atoms with Gasteiger partial charge in [0.1, 0.15) is 6.10 Å². The maximum atomic E-state index is 5.83. The van der Waals surface area contributed by atoms with Crippen LogP contribution in [0.25, 0.3) is 0 Å². The minimum atomic E-state index is 0.0535. The zero-order chi connectivity index (χ0) is 11.1. The van der Waals surface area contributed by atoms with Crippen molar-refractivity contribution < 1.29 is 4.74 Å². The van der Waals surface area contributed by atoms with Gasteiger partial charge in [0.2, 0.25) is 0 Å². The van der Waals surface area contributed by atoms with Gasteiger partial charge in [-0.3, -0.25) is 0 Å². The van der Waals surface area contributed by atoms with Crippen molar-refractivity contribution in [2.75, 3.05) is 6.61 Å². The zero-order valence-electron chi connectivity index (χ0n) is 9.70. The molecule has 0 heterocycles. The van der Waals surface area contributed by atoms with Gasteiger partial charge in [0.25, 0.3) is 0 Å². The lowest BCUT2D eigenvalue weighted by atomic mass is 10.0. The molecule has 0 N–H and O–H groups in total. The Hall–Kier alpha value is -1.08. The lowest BCUT2D eigenvalue weighted by Gasteiger charge is -2.18. The largest absolute Gasteiger partial charge is 0.369 e. The summed E-state index contributed by atoms with van der Waals surface area (Å²) in [5.41, 5.74) is 2.26. The van der Waals surface area contributed by atoms with Gasteiger partial charge in [0.15, 0.2) is 0 Å². The molecular formula is C14H20O. The predicted molar refractivity (Wildman–Crippen MR) is 64.9 cm³/mol. The minimum Gasteiger partial charge on any atom is -0.369 e. The van der Waals surface area contributed by atoms with Gasteiger partial charge >= 0.3 is 0 Å². The molecule has 0 saturated carbocycles. The first-order valence-electron chi connectivity index (χ1n) is 5.57. The molecule has 0 fully saturated rings. The molecule has 0 saturated heterocycles. The van der Waals surface area contributed by atoms with Crippen molar-refractivity contribution in [1.82, 2.24) is 0 Å². The van der Waals surface area contributed by atoms with Gasteiger partial charge in [-0.05, 0) is 24.5 Å². The molecule has 15 heavy (non-hydrogen) atoms. The Balaban J connectivity index is 2.62. The number of hydrogen-bond donors (Lipinski definition) is 0. The van der Waals surface area contributed by atoms with Crippen molar-refractivity contribution in [2.24, 2.45) is 0 Å². The number of rotatable bonds is 6. The lowest BCUT2D eigenvalue weighted by Crippen LogP contribution is -2.06. The molecule has 1 nitrogen and oxygen atoms in total. The van der Waals surface area contributed by atoms with Crippen LogP contribution in [0, 0.1) is 0 Å². The van der Waals surface area contributed by atoms with Crippen molar-refractivity contribution in [3.63, 3.8) is 0 Å². The summed E-state index contributed by atoms with van der Waals surface area (Å²) in [6.45, 7) is 8.98. The van der Waals surface area contributed by atoms with E-state index in [4.69, 9.17) is 4.74 Å². The molecule has 0 aliphatic rings. The van der Waals surface area contributed by atoms with E-state index >= 15 is 0 Å². The SMILES string of the molecule is C=C(C)C(OCCCC)c1ccccc1. The van der Waals surface area contributed by atoms with Crippen LogP contribution in [-0.2, 0) is 4.74 Å². The van der Waals surface area contributed by atoms with E-state index < -0.39 is 0 Å². The summed E-state index contributed by atoms with van der Waals surface area (Å²) >= 11 is 0. The Bertz CT molecular complexity index is 289. The molecule has 1 aromatic rings. The van der Waals surface area contributed by atoms with Crippen molar-refractivity contribution in [3.8, 4) is 0 Å². The monoisotopic (exact) mass is 204 g/mol. The summed E-state index contributed by atoms with van der Waals surface area (Å²) in [5, 5.41) is 0. The third-order valence-corrected chi connectivity index (χ3v) is 2.33. The van der Waals surface area contributed by atoms with E-state index in [2.05, 4.69) is 25.6 Å². The van der Waals surface area contributed by atoms with Gasteiger partial charge < -0.3 is 4.74 Å². The molecule has 0 aliphatic carbocycles. The maximum absolute atomic E-state index is 5.83. The van der Waals surface area contributed by atoms with Gasteiger partial charge in [0.05, 0.1) is 0 Å². The molecule has 0 aliphatic heterocycles. The van der Waals surface area contributed by atoms with Crippen LogP contribution < -0.4 is 0 Å². The predicted octanol–water partition coefficient (Wildman–Crippen LogP) is 4.12. The van der Waals surface area contributed by atoms with Gasteiger partial charge in [-0.1, -0.05) is 50.3 Å². The first-order chi connectivity index (χ1) is 7.25. The van der Waals surface area contributed by atoms with Gasteiger partial charge in [-0.25, -0.2) is 0 Å². The zero-order valence-corrected chi connectivity index (χ0v) is 9.70. The highest BCUT2D eigenvalue weighted by Crippen LogP contribution is 2.24. The van der Waals surface area contributed by atoms with Crippen LogP contribution in [-0.4, -0.2) is 6.61 Å². The van der Waals surface area contributed by atoms with E-state index in [9.17, 15) is 0 Å². The fourth-order valence-electron chi connectivity index (χ4n) is 1.50. The Morgan fingerprint density at radius 1 is 1.33 bits per heavy atom. The average Bonchev–Trinajstić information content (AvgIpc) is 2.25. The van der Waals surface area contributed by atoms with Crippen LogP contribution in [0.5, 0.6) is 0 Å². The molecular weight excluding hydrogens is 184 g/mol. The highest BCUT2D eigenvalue weighted by molar-refractivity contribution is 5.24. The molecule has 1 atom stereocenters. The molecule has 0 amide bonds. The molecule has 0 aromatic heterocycles. The van der Waals surface area contributed by atoms with Gasteiger partial charge in [0, 0.05) is 6.61 Å². The van der Waals surface area contributed by atoms with Crippen molar-refractivity contribution in [2.45, 2.75) is 32.8 Å². The average molecular weight is 204 g/mol. The fourth-order valence-corrected chi connectivity index (χ4v) is 1.50. The summed E-state index contributed by atoms with van der Waals surface area (Å²) in [7, 11) is 0. The summed E-state index contributed by atoms with van der Waals surface area (Å²) in [5.74, 6) is 0. The third-order valence-electron chi connectivity index (χ3n) is 2.33. The number of unbranched alkanes of at least 4 members (excludes halogenated alkanes) is 1. The van der Waals surface area contributed by atoms with E-state index in [1.165, 1.54) is 5.56 Å². The van der Waals surface area contributed by atoms with Crippen LogP contribution in [0.15, 0.2) is 42.5 Å². The molecule has 1 heteroatoms. The Morgan fingerprint density at radius 2 is 2.00 bits per heavy atom. The quantitative estimate of drug-likeness (QED) is 0.500. The second-order valence-corrected chi connectivity index (χ2v) is 3.86. The molecule has 0 radical (unpaired) electrons. The Kier molecular flexibility index (Phi) is 5.13. The van der Waals surface area contributed by atoms with Crippen LogP contribution >= 0.6 is 0 Å². The number of benzene rings is 1. The van der Waals surface area contributed by atoms with Crippen LogP contribution in [0.2, 0.25) is 0 Å². The molecule has 1 aromatic carbocycles. The van der Waals surface area contributed by atoms with Crippen LogP contribution in [0.3, 0.4) is 0 Å². The Labute approximate surface area is 92.8 Å². The summed E-state index contributed by atoms with van der Waals surface area (Å²) in [4.78, 5) is 0. The summed E-state index contributed by atoms with van der Waals surface area (Å²) < 4.78 is 5.83. The number of hydrogen-bond acceptors (Lipinski definition) is 1. The normalized spacial score (nSPS) is 12.4. The van der Waals surface area contributed by atoms with Gasteiger partial charge in [-0.2, -0.15) is 0 Å². The van der Waals surface area contributed by atoms with Crippen LogP contribution in [0.4, 0.5) is 0 Å². The molecule has 0 spiro atoms. The molecule has 0 bridgehead atoms. The number of ether oxygens (including phenoxy) is 1. The first kappa shape index (κ1) is 12.0. The lowest BCUT2D eigenvalue weighted by molar-refractivity contribution is 0.0754. The Morgan fingerprint density at radius 3 is 2.53 bits per heavy atom. The fraction of sp³-hybridized carbons (Fsp3) is 0.429. The van der Waals surface area contributed by atoms with E-state index in [-0.39, 0.29) is 6.10 Å². The summed E-state index contributed by atoms with van der Waals surface area (Å²) in [6, 6.07) is 10.3.